The minimum absolute atomic E-state index is 0.0431. The Kier molecular flexibility index (Phi) is 3.24. The standard InChI is InChI=1S/C11H18N4O/c1-8(2)14-11(16)6-15-7-13-5-10(15)9-3-12-4-9/h5,7-9,12H,3-4,6H2,1-2H3,(H,14,16). The Morgan fingerprint density at radius 1 is 1.69 bits per heavy atom. The maximum absolute atomic E-state index is 11.6. The van der Waals surface area contributed by atoms with Crippen LogP contribution in [-0.4, -0.2) is 34.6 Å². The predicted molar refractivity (Wildman–Crippen MR) is 61.1 cm³/mol. The van der Waals surface area contributed by atoms with E-state index < -0.39 is 0 Å². The van der Waals surface area contributed by atoms with Crippen molar-refractivity contribution < 1.29 is 4.79 Å². The van der Waals surface area contributed by atoms with Crippen LogP contribution in [0.25, 0.3) is 0 Å². The maximum atomic E-state index is 11.6. The molecule has 1 aliphatic rings. The first-order valence-electron chi connectivity index (χ1n) is 5.67. The molecule has 0 unspecified atom stereocenters. The summed E-state index contributed by atoms with van der Waals surface area (Å²) in [5.41, 5.74) is 1.15. The molecule has 1 aliphatic heterocycles. The summed E-state index contributed by atoms with van der Waals surface area (Å²) in [7, 11) is 0. The van der Waals surface area contributed by atoms with Crippen LogP contribution in [0.4, 0.5) is 0 Å². The van der Waals surface area contributed by atoms with Gasteiger partial charge in [0, 0.05) is 36.9 Å². The van der Waals surface area contributed by atoms with Crippen LogP contribution in [0.2, 0.25) is 0 Å². The molecule has 2 N–H and O–H groups in total. The lowest BCUT2D eigenvalue weighted by molar-refractivity contribution is -0.122. The van der Waals surface area contributed by atoms with Gasteiger partial charge in [0.25, 0.3) is 0 Å². The predicted octanol–water partition coefficient (Wildman–Crippen LogP) is 0.0945. The number of hydrogen-bond donors (Lipinski definition) is 2. The molecular weight excluding hydrogens is 204 g/mol. The molecule has 1 saturated heterocycles. The van der Waals surface area contributed by atoms with E-state index in [1.54, 1.807) is 6.33 Å². The van der Waals surface area contributed by atoms with E-state index in [2.05, 4.69) is 15.6 Å². The molecule has 0 atom stereocenters. The number of carbonyl (C=O) groups excluding carboxylic acids is 1. The summed E-state index contributed by atoms with van der Waals surface area (Å²) in [6.07, 6.45) is 3.59. The zero-order chi connectivity index (χ0) is 11.5. The van der Waals surface area contributed by atoms with E-state index in [9.17, 15) is 4.79 Å². The third-order valence-corrected chi connectivity index (χ3v) is 2.71. The van der Waals surface area contributed by atoms with Crippen LogP contribution in [0.5, 0.6) is 0 Å². The van der Waals surface area contributed by atoms with Gasteiger partial charge < -0.3 is 15.2 Å². The van der Waals surface area contributed by atoms with E-state index in [0.717, 1.165) is 18.8 Å². The second-order valence-corrected chi connectivity index (χ2v) is 4.52. The SMILES string of the molecule is CC(C)NC(=O)Cn1cncc1C1CNC1. The summed E-state index contributed by atoms with van der Waals surface area (Å²) in [5.74, 6) is 0.552. The normalized spacial score (nSPS) is 16.2. The Labute approximate surface area is 95.2 Å². The lowest BCUT2D eigenvalue weighted by Gasteiger charge is -2.27. The highest BCUT2D eigenvalue weighted by atomic mass is 16.2. The number of nitrogens with zero attached hydrogens (tertiary/aromatic N) is 2. The topological polar surface area (TPSA) is 59.0 Å². The molecule has 0 aliphatic carbocycles. The van der Waals surface area contributed by atoms with Crippen molar-refractivity contribution in [1.29, 1.82) is 0 Å². The van der Waals surface area contributed by atoms with Crippen LogP contribution < -0.4 is 10.6 Å². The zero-order valence-corrected chi connectivity index (χ0v) is 9.73. The molecule has 2 rings (SSSR count). The van der Waals surface area contributed by atoms with Crippen molar-refractivity contribution in [2.75, 3.05) is 13.1 Å². The molecule has 1 amide bonds. The fourth-order valence-corrected chi connectivity index (χ4v) is 1.82. The van der Waals surface area contributed by atoms with Crippen molar-refractivity contribution in [1.82, 2.24) is 20.2 Å². The summed E-state index contributed by atoms with van der Waals surface area (Å²) in [6.45, 7) is 6.25. The molecule has 1 fully saturated rings. The Hall–Kier alpha value is -1.36. The van der Waals surface area contributed by atoms with E-state index in [0.29, 0.717) is 12.5 Å². The van der Waals surface area contributed by atoms with Crippen molar-refractivity contribution in [2.45, 2.75) is 32.4 Å². The van der Waals surface area contributed by atoms with Crippen LogP contribution in [-0.2, 0) is 11.3 Å². The van der Waals surface area contributed by atoms with Gasteiger partial charge >= 0.3 is 0 Å². The molecule has 0 spiro atoms. The van der Waals surface area contributed by atoms with Crippen LogP contribution in [0, 0.1) is 0 Å². The van der Waals surface area contributed by atoms with Gasteiger partial charge in [0.15, 0.2) is 0 Å². The van der Waals surface area contributed by atoms with Crippen molar-refractivity contribution in [3.05, 3.63) is 18.2 Å². The van der Waals surface area contributed by atoms with Gasteiger partial charge in [-0.05, 0) is 13.8 Å². The van der Waals surface area contributed by atoms with Crippen molar-refractivity contribution in [3.8, 4) is 0 Å². The molecule has 0 aromatic carbocycles. The lowest BCUT2D eigenvalue weighted by Crippen LogP contribution is -2.41. The molecule has 88 valence electrons. The fourth-order valence-electron chi connectivity index (χ4n) is 1.82. The van der Waals surface area contributed by atoms with Gasteiger partial charge in [-0.25, -0.2) is 4.98 Å². The zero-order valence-electron chi connectivity index (χ0n) is 9.73. The van der Waals surface area contributed by atoms with Crippen LogP contribution in [0.15, 0.2) is 12.5 Å². The minimum atomic E-state index is 0.0431. The molecule has 5 nitrogen and oxygen atoms in total. The second-order valence-electron chi connectivity index (χ2n) is 4.52. The molecule has 0 saturated carbocycles. The summed E-state index contributed by atoms with van der Waals surface area (Å²) in [5, 5.41) is 6.10. The molecule has 2 heterocycles. The highest BCUT2D eigenvalue weighted by Gasteiger charge is 2.22. The number of carbonyl (C=O) groups is 1. The van der Waals surface area contributed by atoms with E-state index in [1.807, 2.05) is 24.6 Å². The average molecular weight is 222 g/mol. The van der Waals surface area contributed by atoms with Gasteiger partial charge in [-0.1, -0.05) is 0 Å². The van der Waals surface area contributed by atoms with Crippen LogP contribution in [0.3, 0.4) is 0 Å². The first-order valence-corrected chi connectivity index (χ1v) is 5.67. The molecule has 16 heavy (non-hydrogen) atoms. The molecule has 0 radical (unpaired) electrons. The van der Waals surface area contributed by atoms with Crippen LogP contribution in [0.1, 0.15) is 25.5 Å². The monoisotopic (exact) mass is 222 g/mol. The smallest absolute Gasteiger partial charge is 0.240 e. The molecule has 1 aromatic rings. The lowest BCUT2D eigenvalue weighted by atomic mass is 10.00. The number of amides is 1. The molecule has 0 bridgehead atoms. The maximum Gasteiger partial charge on any atom is 0.240 e. The third kappa shape index (κ3) is 2.41. The first-order chi connectivity index (χ1) is 7.66. The molecular formula is C11H18N4O. The minimum Gasteiger partial charge on any atom is -0.352 e. The highest BCUT2D eigenvalue weighted by Crippen LogP contribution is 2.18. The van der Waals surface area contributed by atoms with Gasteiger partial charge in [-0.15, -0.1) is 0 Å². The summed E-state index contributed by atoms with van der Waals surface area (Å²) >= 11 is 0. The van der Waals surface area contributed by atoms with Gasteiger partial charge in [0.05, 0.1) is 6.33 Å². The van der Waals surface area contributed by atoms with Crippen molar-refractivity contribution in [3.63, 3.8) is 0 Å². The molecule has 5 heteroatoms. The summed E-state index contributed by atoms with van der Waals surface area (Å²) < 4.78 is 1.93. The number of aromatic nitrogens is 2. The van der Waals surface area contributed by atoms with Gasteiger partial charge in [-0.3, -0.25) is 4.79 Å². The second kappa shape index (κ2) is 4.65. The van der Waals surface area contributed by atoms with Crippen molar-refractivity contribution in [2.24, 2.45) is 0 Å². The molecule has 1 aromatic heterocycles. The van der Waals surface area contributed by atoms with Gasteiger partial charge in [0.2, 0.25) is 5.91 Å². The average Bonchev–Trinajstić information content (AvgIpc) is 2.48. The van der Waals surface area contributed by atoms with Gasteiger partial charge in [-0.2, -0.15) is 0 Å². The first kappa shape index (κ1) is 11.1. The number of hydrogen-bond acceptors (Lipinski definition) is 3. The van der Waals surface area contributed by atoms with Crippen molar-refractivity contribution >= 4 is 5.91 Å². The summed E-state index contributed by atoms with van der Waals surface area (Å²) in [4.78, 5) is 15.7. The quantitative estimate of drug-likeness (QED) is 0.759. The third-order valence-electron chi connectivity index (χ3n) is 2.71. The Morgan fingerprint density at radius 3 is 3.00 bits per heavy atom. The van der Waals surface area contributed by atoms with E-state index >= 15 is 0 Å². The Bertz CT molecular complexity index is 368. The number of nitrogens with one attached hydrogen (secondary N) is 2. The van der Waals surface area contributed by atoms with E-state index in [4.69, 9.17) is 0 Å². The highest BCUT2D eigenvalue weighted by molar-refractivity contribution is 5.76. The largest absolute Gasteiger partial charge is 0.352 e. The van der Waals surface area contributed by atoms with E-state index in [-0.39, 0.29) is 11.9 Å². The number of imidazole rings is 1. The van der Waals surface area contributed by atoms with Gasteiger partial charge in [0.1, 0.15) is 6.54 Å². The summed E-state index contributed by atoms with van der Waals surface area (Å²) in [6, 6.07) is 0.185. The fraction of sp³-hybridized carbons (Fsp3) is 0.636. The number of rotatable bonds is 4. The van der Waals surface area contributed by atoms with Crippen LogP contribution >= 0.6 is 0 Å². The Morgan fingerprint density at radius 2 is 2.44 bits per heavy atom. The Balaban J connectivity index is 1.98. The van der Waals surface area contributed by atoms with E-state index in [1.165, 1.54) is 0 Å².